The van der Waals surface area contributed by atoms with E-state index >= 15 is 0 Å². The van der Waals surface area contributed by atoms with Crippen molar-refractivity contribution in [2.24, 2.45) is 17.4 Å². The highest BCUT2D eigenvalue weighted by Crippen LogP contribution is 2.16. The lowest BCUT2D eigenvalue weighted by Gasteiger charge is -2.25. The van der Waals surface area contributed by atoms with Gasteiger partial charge in [-0.25, -0.2) is 4.79 Å². The second-order valence-corrected chi connectivity index (χ2v) is 5.38. The van der Waals surface area contributed by atoms with Crippen LogP contribution in [0.15, 0.2) is 30.3 Å². The Hall–Kier alpha value is -2.25. The number of aliphatic carboxylic acids is 1. The summed E-state index contributed by atoms with van der Waals surface area (Å²) in [6.07, 6.45) is 0.719. The molecule has 0 spiro atoms. The molecule has 0 aliphatic carbocycles. The molecule has 6 N–H and O–H groups in total. The van der Waals surface area contributed by atoms with Crippen LogP contribution in [-0.4, -0.2) is 41.4 Å². The Morgan fingerprint density at radius 2 is 1.83 bits per heavy atom. The molecule has 1 amide bonds. The molecule has 0 saturated carbocycles. The maximum absolute atomic E-state index is 12.2. The molecule has 126 valence electrons. The molecule has 0 aliphatic heterocycles. The van der Waals surface area contributed by atoms with Crippen LogP contribution in [0.4, 0.5) is 0 Å². The van der Waals surface area contributed by atoms with Crippen LogP contribution in [0.5, 0.6) is 0 Å². The quantitative estimate of drug-likeness (QED) is 0.511. The molecule has 1 rings (SSSR count). The van der Waals surface area contributed by atoms with Crippen molar-refractivity contribution in [1.82, 2.24) is 5.32 Å². The molecule has 3 unspecified atom stereocenters. The van der Waals surface area contributed by atoms with Crippen LogP contribution in [0.2, 0.25) is 0 Å². The standard InChI is InChI=1S/C16H23N3O4/c1-10(18)14(20)12(8-5-9-17)13(16(22)23)19-15(21)11-6-3-2-4-7-11/h2-4,6-7,10,12-13H,5,8-9,17-18H2,1H3,(H,19,21)(H,22,23). The summed E-state index contributed by atoms with van der Waals surface area (Å²) in [7, 11) is 0. The first kappa shape index (κ1) is 18.8. The van der Waals surface area contributed by atoms with Crippen LogP contribution in [0.1, 0.15) is 30.1 Å². The molecule has 23 heavy (non-hydrogen) atoms. The van der Waals surface area contributed by atoms with E-state index in [0.29, 0.717) is 18.5 Å². The largest absolute Gasteiger partial charge is 0.480 e. The summed E-state index contributed by atoms with van der Waals surface area (Å²) in [6, 6.07) is 6.07. The Morgan fingerprint density at radius 1 is 1.22 bits per heavy atom. The highest BCUT2D eigenvalue weighted by molar-refractivity contribution is 5.98. The van der Waals surface area contributed by atoms with E-state index in [4.69, 9.17) is 11.5 Å². The third kappa shape index (κ3) is 5.46. The van der Waals surface area contributed by atoms with Gasteiger partial charge in [-0.15, -0.1) is 0 Å². The number of carbonyl (C=O) groups is 3. The summed E-state index contributed by atoms with van der Waals surface area (Å²) >= 11 is 0. The number of hydrogen-bond donors (Lipinski definition) is 4. The van der Waals surface area contributed by atoms with Crippen molar-refractivity contribution in [3.8, 4) is 0 Å². The number of benzene rings is 1. The molecule has 0 fully saturated rings. The number of carboxylic acids is 1. The van der Waals surface area contributed by atoms with Crippen molar-refractivity contribution in [3.05, 3.63) is 35.9 Å². The fourth-order valence-corrected chi connectivity index (χ4v) is 2.30. The van der Waals surface area contributed by atoms with E-state index in [2.05, 4.69) is 5.32 Å². The smallest absolute Gasteiger partial charge is 0.326 e. The third-order valence-electron chi connectivity index (χ3n) is 3.52. The van der Waals surface area contributed by atoms with Gasteiger partial charge in [0.25, 0.3) is 5.91 Å². The minimum atomic E-state index is -1.34. The predicted octanol–water partition coefficient (Wildman–Crippen LogP) is 0.141. The van der Waals surface area contributed by atoms with Gasteiger partial charge >= 0.3 is 5.97 Å². The van der Waals surface area contributed by atoms with Crippen LogP contribution < -0.4 is 16.8 Å². The Labute approximate surface area is 135 Å². The number of carboxylic acid groups (broad SMARTS) is 1. The van der Waals surface area contributed by atoms with E-state index in [1.807, 2.05) is 0 Å². The molecule has 1 aromatic rings. The minimum absolute atomic E-state index is 0.253. The van der Waals surface area contributed by atoms with Gasteiger partial charge in [-0.05, 0) is 38.4 Å². The van der Waals surface area contributed by atoms with Gasteiger partial charge in [0, 0.05) is 5.56 Å². The molecule has 7 nitrogen and oxygen atoms in total. The molecule has 0 bridgehead atoms. The maximum atomic E-state index is 12.2. The van der Waals surface area contributed by atoms with Gasteiger partial charge in [-0.2, -0.15) is 0 Å². The van der Waals surface area contributed by atoms with E-state index in [1.54, 1.807) is 30.3 Å². The van der Waals surface area contributed by atoms with Gasteiger partial charge in [-0.1, -0.05) is 18.2 Å². The van der Waals surface area contributed by atoms with Crippen molar-refractivity contribution < 1.29 is 19.5 Å². The molecule has 0 aromatic heterocycles. The number of hydrogen-bond acceptors (Lipinski definition) is 5. The molecule has 0 radical (unpaired) electrons. The Bertz CT molecular complexity index is 546. The lowest BCUT2D eigenvalue weighted by atomic mass is 9.87. The predicted molar refractivity (Wildman–Crippen MR) is 85.8 cm³/mol. The average Bonchev–Trinajstić information content (AvgIpc) is 2.54. The second-order valence-electron chi connectivity index (χ2n) is 5.38. The molecule has 3 atom stereocenters. The van der Waals surface area contributed by atoms with Crippen LogP contribution in [-0.2, 0) is 9.59 Å². The van der Waals surface area contributed by atoms with E-state index in [1.165, 1.54) is 6.92 Å². The van der Waals surface area contributed by atoms with E-state index in [-0.39, 0.29) is 6.42 Å². The van der Waals surface area contributed by atoms with Crippen molar-refractivity contribution in [2.45, 2.75) is 31.8 Å². The number of Topliss-reactive ketones (excluding diaryl/α,β-unsaturated/α-hetero) is 1. The highest BCUT2D eigenvalue weighted by Gasteiger charge is 2.35. The summed E-state index contributed by atoms with van der Waals surface area (Å²) in [6.45, 7) is 1.82. The van der Waals surface area contributed by atoms with Crippen LogP contribution in [0.3, 0.4) is 0 Å². The van der Waals surface area contributed by atoms with Gasteiger partial charge in [0.1, 0.15) is 6.04 Å². The molecule has 1 aromatic carbocycles. The Balaban J connectivity index is 2.98. The zero-order chi connectivity index (χ0) is 17.4. The molecular formula is C16H23N3O4. The lowest BCUT2D eigenvalue weighted by Crippen LogP contribution is -2.51. The number of rotatable bonds is 9. The van der Waals surface area contributed by atoms with E-state index in [9.17, 15) is 19.5 Å². The first-order valence-corrected chi connectivity index (χ1v) is 7.46. The van der Waals surface area contributed by atoms with Crippen molar-refractivity contribution in [1.29, 1.82) is 0 Å². The fraction of sp³-hybridized carbons (Fsp3) is 0.438. The summed E-state index contributed by atoms with van der Waals surface area (Å²) in [5.74, 6) is -3.14. The SMILES string of the molecule is CC(N)C(=O)C(CCCN)C(NC(=O)c1ccccc1)C(=O)O. The molecule has 0 aliphatic rings. The van der Waals surface area contributed by atoms with Gasteiger partial charge in [0.2, 0.25) is 0 Å². The van der Waals surface area contributed by atoms with Crippen molar-refractivity contribution in [2.75, 3.05) is 6.54 Å². The van der Waals surface area contributed by atoms with Gasteiger partial charge in [-0.3, -0.25) is 9.59 Å². The van der Waals surface area contributed by atoms with Crippen LogP contribution in [0.25, 0.3) is 0 Å². The normalized spacial score (nSPS) is 14.6. The average molecular weight is 321 g/mol. The summed E-state index contributed by atoms with van der Waals surface area (Å²) in [5.41, 5.74) is 11.4. The maximum Gasteiger partial charge on any atom is 0.326 e. The second kappa shape index (κ2) is 9.02. The third-order valence-corrected chi connectivity index (χ3v) is 3.52. The van der Waals surface area contributed by atoms with Gasteiger partial charge < -0.3 is 21.9 Å². The number of carbonyl (C=O) groups excluding carboxylic acids is 2. The zero-order valence-electron chi connectivity index (χ0n) is 13.1. The molecule has 7 heteroatoms. The van der Waals surface area contributed by atoms with Crippen LogP contribution in [0, 0.1) is 5.92 Å². The zero-order valence-corrected chi connectivity index (χ0v) is 13.1. The van der Waals surface area contributed by atoms with Crippen LogP contribution >= 0.6 is 0 Å². The topological polar surface area (TPSA) is 136 Å². The minimum Gasteiger partial charge on any atom is -0.480 e. The molecule has 0 heterocycles. The molecular weight excluding hydrogens is 298 g/mol. The summed E-state index contributed by atoms with van der Waals surface area (Å²) in [4.78, 5) is 36.0. The Morgan fingerprint density at radius 3 is 2.30 bits per heavy atom. The Kier molecular flexibility index (Phi) is 7.37. The summed E-state index contributed by atoms with van der Waals surface area (Å²) in [5, 5.41) is 11.9. The van der Waals surface area contributed by atoms with Gasteiger partial charge in [0.05, 0.1) is 12.0 Å². The summed E-state index contributed by atoms with van der Waals surface area (Å²) < 4.78 is 0. The van der Waals surface area contributed by atoms with E-state index < -0.39 is 35.7 Å². The van der Waals surface area contributed by atoms with Crippen molar-refractivity contribution in [3.63, 3.8) is 0 Å². The molecule has 0 saturated heterocycles. The first-order chi connectivity index (χ1) is 10.9. The number of nitrogens with one attached hydrogen (secondary N) is 1. The number of nitrogens with two attached hydrogens (primary N) is 2. The monoisotopic (exact) mass is 321 g/mol. The fourth-order valence-electron chi connectivity index (χ4n) is 2.30. The lowest BCUT2D eigenvalue weighted by molar-refractivity contribution is -0.143. The van der Waals surface area contributed by atoms with E-state index in [0.717, 1.165) is 0 Å². The van der Waals surface area contributed by atoms with Gasteiger partial charge in [0.15, 0.2) is 5.78 Å². The van der Waals surface area contributed by atoms with Crippen molar-refractivity contribution >= 4 is 17.7 Å². The first-order valence-electron chi connectivity index (χ1n) is 7.46. The highest BCUT2D eigenvalue weighted by atomic mass is 16.4. The number of ketones is 1. The number of amides is 1.